The van der Waals surface area contributed by atoms with Crippen molar-refractivity contribution in [1.82, 2.24) is 9.55 Å². The lowest BCUT2D eigenvalue weighted by Gasteiger charge is -2.02. The van der Waals surface area contributed by atoms with Gasteiger partial charge < -0.3 is 10.3 Å². The van der Waals surface area contributed by atoms with Gasteiger partial charge in [-0.05, 0) is 31.0 Å². The molecule has 0 spiro atoms. The molecular formula is C11H13N3. The van der Waals surface area contributed by atoms with Crippen LogP contribution in [0.15, 0.2) is 12.1 Å². The quantitative estimate of drug-likeness (QED) is 0.640. The van der Waals surface area contributed by atoms with E-state index in [1.807, 2.05) is 13.0 Å². The van der Waals surface area contributed by atoms with Gasteiger partial charge in [-0.1, -0.05) is 0 Å². The lowest BCUT2D eigenvalue weighted by molar-refractivity contribution is 0.771. The van der Waals surface area contributed by atoms with Gasteiger partial charge in [-0.3, -0.25) is 0 Å². The Morgan fingerprint density at radius 2 is 2.29 bits per heavy atom. The maximum Gasteiger partial charge on any atom is 0.109 e. The molecule has 0 fully saturated rings. The van der Waals surface area contributed by atoms with Crippen molar-refractivity contribution in [2.45, 2.75) is 26.3 Å². The zero-order chi connectivity index (χ0) is 9.71. The van der Waals surface area contributed by atoms with E-state index < -0.39 is 0 Å². The molecule has 0 amide bonds. The van der Waals surface area contributed by atoms with Crippen molar-refractivity contribution in [3.05, 3.63) is 23.5 Å². The van der Waals surface area contributed by atoms with Gasteiger partial charge >= 0.3 is 0 Å². The van der Waals surface area contributed by atoms with Gasteiger partial charge in [0.2, 0.25) is 0 Å². The topological polar surface area (TPSA) is 43.8 Å². The summed E-state index contributed by atoms with van der Waals surface area (Å²) >= 11 is 0. The lowest BCUT2D eigenvalue weighted by Crippen LogP contribution is -1.94. The molecule has 1 aliphatic heterocycles. The Bertz CT molecular complexity index is 511. The first kappa shape index (κ1) is 7.85. The fourth-order valence-corrected chi connectivity index (χ4v) is 2.18. The fourth-order valence-electron chi connectivity index (χ4n) is 2.18. The van der Waals surface area contributed by atoms with E-state index in [-0.39, 0.29) is 0 Å². The van der Waals surface area contributed by atoms with Gasteiger partial charge in [0.15, 0.2) is 0 Å². The summed E-state index contributed by atoms with van der Waals surface area (Å²) in [5.41, 5.74) is 10.2. The molecule has 0 bridgehead atoms. The predicted molar refractivity (Wildman–Crippen MR) is 57.2 cm³/mol. The zero-order valence-corrected chi connectivity index (χ0v) is 8.25. The average Bonchev–Trinajstić information content (AvgIpc) is 2.68. The Balaban J connectivity index is 2.39. The van der Waals surface area contributed by atoms with Gasteiger partial charge in [-0.25, -0.2) is 4.98 Å². The number of fused-ring (bicyclic) bond motifs is 3. The van der Waals surface area contributed by atoms with Crippen LogP contribution in [0.2, 0.25) is 0 Å². The zero-order valence-electron chi connectivity index (χ0n) is 8.25. The third kappa shape index (κ3) is 0.895. The molecule has 0 unspecified atom stereocenters. The highest BCUT2D eigenvalue weighted by Crippen LogP contribution is 2.26. The van der Waals surface area contributed by atoms with Gasteiger partial charge in [0.1, 0.15) is 5.82 Å². The number of imidazole rings is 1. The lowest BCUT2D eigenvalue weighted by atomic mass is 10.2. The number of nitrogen functional groups attached to an aromatic ring is 1. The van der Waals surface area contributed by atoms with E-state index in [1.165, 1.54) is 17.8 Å². The number of aromatic nitrogens is 2. The van der Waals surface area contributed by atoms with Crippen molar-refractivity contribution in [2.75, 3.05) is 5.73 Å². The number of rotatable bonds is 0. The standard InChI is InChI=1S/C11H13N3/c1-7-5-9-10(6-8(7)12)14-4-2-3-11(14)13-9/h5-6H,2-4,12H2,1H3. The van der Waals surface area contributed by atoms with Crippen molar-refractivity contribution in [2.24, 2.45) is 0 Å². The van der Waals surface area contributed by atoms with Crippen LogP contribution in [0.3, 0.4) is 0 Å². The number of aryl methyl sites for hydroxylation is 3. The number of hydrogen-bond acceptors (Lipinski definition) is 2. The Morgan fingerprint density at radius 1 is 1.43 bits per heavy atom. The molecule has 2 N–H and O–H groups in total. The van der Waals surface area contributed by atoms with E-state index in [4.69, 9.17) is 5.73 Å². The first-order valence-corrected chi connectivity index (χ1v) is 5.01. The third-order valence-corrected chi connectivity index (χ3v) is 3.00. The van der Waals surface area contributed by atoms with Crippen molar-refractivity contribution in [3.8, 4) is 0 Å². The first-order valence-electron chi connectivity index (χ1n) is 5.01. The highest BCUT2D eigenvalue weighted by atomic mass is 15.1. The number of hydrogen-bond donors (Lipinski definition) is 1. The van der Waals surface area contributed by atoms with Crippen molar-refractivity contribution >= 4 is 16.7 Å². The van der Waals surface area contributed by atoms with E-state index in [0.29, 0.717) is 0 Å². The maximum absolute atomic E-state index is 5.90. The molecule has 3 rings (SSSR count). The Labute approximate surface area is 82.5 Å². The molecule has 0 radical (unpaired) electrons. The molecular weight excluding hydrogens is 174 g/mol. The van der Waals surface area contributed by atoms with Gasteiger partial charge in [0.25, 0.3) is 0 Å². The minimum Gasteiger partial charge on any atom is -0.398 e. The summed E-state index contributed by atoms with van der Waals surface area (Å²) in [5, 5.41) is 0. The second kappa shape index (κ2) is 2.50. The van der Waals surface area contributed by atoms with Crippen molar-refractivity contribution < 1.29 is 0 Å². The maximum atomic E-state index is 5.90. The molecule has 72 valence electrons. The SMILES string of the molecule is Cc1cc2nc3n(c2cc1N)CCC3. The van der Waals surface area contributed by atoms with E-state index in [9.17, 15) is 0 Å². The van der Waals surface area contributed by atoms with Crippen LogP contribution in [0.4, 0.5) is 5.69 Å². The summed E-state index contributed by atoms with van der Waals surface area (Å²) in [7, 11) is 0. The minimum absolute atomic E-state index is 0.868. The first-order chi connectivity index (χ1) is 6.75. The van der Waals surface area contributed by atoms with E-state index in [0.717, 1.165) is 29.7 Å². The van der Waals surface area contributed by atoms with Crippen LogP contribution in [-0.2, 0) is 13.0 Å². The summed E-state index contributed by atoms with van der Waals surface area (Å²) in [4.78, 5) is 4.60. The van der Waals surface area contributed by atoms with E-state index >= 15 is 0 Å². The molecule has 2 aromatic rings. The molecule has 0 aliphatic carbocycles. The smallest absolute Gasteiger partial charge is 0.109 e. The van der Waals surface area contributed by atoms with Crippen LogP contribution >= 0.6 is 0 Å². The molecule has 1 aromatic carbocycles. The number of nitrogens with zero attached hydrogens (tertiary/aromatic N) is 2. The molecule has 1 aliphatic rings. The summed E-state index contributed by atoms with van der Waals surface area (Å²) < 4.78 is 2.28. The van der Waals surface area contributed by atoms with Gasteiger partial charge in [0.05, 0.1) is 11.0 Å². The summed E-state index contributed by atoms with van der Waals surface area (Å²) in [6.07, 6.45) is 2.32. The monoisotopic (exact) mass is 187 g/mol. The largest absolute Gasteiger partial charge is 0.398 e. The van der Waals surface area contributed by atoms with E-state index in [1.54, 1.807) is 0 Å². The highest BCUT2D eigenvalue weighted by Gasteiger charge is 2.16. The molecule has 0 saturated carbocycles. The number of nitrogens with two attached hydrogens (primary N) is 1. The summed E-state index contributed by atoms with van der Waals surface area (Å²) in [6.45, 7) is 3.12. The number of anilines is 1. The predicted octanol–water partition coefficient (Wildman–Crippen LogP) is 1.87. The molecule has 2 heterocycles. The molecule has 3 nitrogen and oxygen atoms in total. The molecule has 0 saturated heterocycles. The van der Waals surface area contributed by atoms with E-state index in [2.05, 4.69) is 15.6 Å². The number of benzene rings is 1. The third-order valence-electron chi connectivity index (χ3n) is 3.00. The second-order valence-corrected chi connectivity index (χ2v) is 3.98. The summed E-state index contributed by atoms with van der Waals surface area (Å²) in [5.74, 6) is 1.21. The van der Waals surface area contributed by atoms with Gasteiger partial charge in [-0.2, -0.15) is 0 Å². The Morgan fingerprint density at radius 3 is 3.14 bits per heavy atom. The van der Waals surface area contributed by atoms with Crippen LogP contribution in [0.1, 0.15) is 17.8 Å². The Kier molecular flexibility index (Phi) is 1.40. The molecule has 3 heteroatoms. The highest BCUT2D eigenvalue weighted by molar-refractivity contribution is 5.81. The average molecular weight is 187 g/mol. The van der Waals surface area contributed by atoms with Crippen LogP contribution in [0, 0.1) is 6.92 Å². The molecule has 14 heavy (non-hydrogen) atoms. The molecule has 0 atom stereocenters. The van der Waals surface area contributed by atoms with Gasteiger partial charge in [-0.15, -0.1) is 0 Å². The Hall–Kier alpha value is -1.51. The summed E-state index contributed by atoms with van der Waals surface area (Å²) in [6, 6.07) is 4.13. The van der Waals surface area contributed by atoms with Gasteiger partial charge in [0, 0.05) is 18.7 Å². The van der Waals surface area contributed by atoms with Crippen LogP contribution < -0.4 is 5.73 Å². The van der Waals surface area contributed by atoms with Crippen LogP contribution in [0.5, 0.6) is 0 Å². The molecule has 1 aromatic heterocycles. The van der Waals surface area contributed by atoms with Crippen LogP contribution in [0.25, 0.3) is 11.0 Å². The van der Waals surface area contributed by atoms with Crippen LogP contribution in [-0.4, -0.2) is 9.55 Å². The normalized spacial score (nSPS) is 14.9. The van der Waals surface area contributed by atoms with Crippen molar-refractivity contribution in [1.29, 1.82) is 0 Å². The second-order valence-electron chi connectivity index (χ2n) is 3.98. The van der Waals surface area contributed by atoms with Crippen molar-refractivity contribution in [3.63, 3.8) is 0 Å². The fraction of sp³-hybridized carbons (Fsp3) is 0.364. The minimum atomic E-state index is 0.868.